The first-order valence-corrected chi connectivity index (χ1v) is 10.7. The highest BCUT2D eigenvalue weighted by Crippen LogP contribution is 2.49. The summed E-state index contributed by atoms with van der Waals surface area (Å²) in [7, 11) is 0. The second kappa shape index (κ2) is 9.04. The van der Waals surface area contributed by atoms with Gasteiger partial charge < -0.3 is 14.2 Å². The monoisotopic (exact) mass is 416 g/mol. The smallest absolute Gasteiger partial charge is 0.342 e. The Labute approximate surface area is 183 Å². The standard InChI is InChI=1S/C27H28O4/c1-4-29-26(28)27(18-21-8-6-5-7-9-21)24(22-14-10-19(2)11-15-22)30-25(31-27)23-16-12-20(3)13-17-23/h5-17,24-25H,4,18H2,1-3H3/t24-,25-,27-/m1/s1. The van der Waals surface area contributed by atoms with Gasteiger partial charge in [0.1, 0.15) is 6.10 Å². The Morgan fingerprint density at radius 1 is 0.871 bits per heavy atom. The van der Waals surface area contributed by atoms with E-state index in [1.165, 1.54) is 0 Å². The van der Waals surface area contributed by atoms with E-state index in [0.29, 0.717) is 6.42 Å². The summed E-state index contributed by atoms with van der Waals surface area (Å²) in [5, 5.41) is 0. The van der Waals surface area contributed by atoms with Crippen molar-refractivity contribution in [1.82, 2.24) is 0 Å². The van der Waals surface area contributed by atoms with E-state index in [1.807, 2.05) is 99.6 Å². The van der Waals surface area contributed by atoms with Gasteiger partial charge in [-0.3, -0.25) is 0 Å². The van der Waals surface area contributed by atoms with Gasteiger partial charge in [-0.05, 0) is 31.9 Å². The normalized spacial score (nSPS) is 22.9. The minimum Gasteiger partial charge on any atom is -0.464 e. The van der Waals surface area contributed by atoms with Crippen LogP contribution in [-0.2, 0) is 25.4 Å². The van der Waals surface area contributed by atoms with E-state index < -0.39 is 24.0 Å². The SMILES string of the molecule is CCOC(=O)[C@]1(Cc2ccccc2)O[C@H](c2ccc(C)cc2)O[C@@H]1c1ccc(C)cc1. The third kappa shape index (κ3) is 4.41. The van der Waals surface area contributed by atoms with Crippen LogP contribution in [0.3, 0.4) is 0 Å². The first kappa shape index (κ1) is 21.3. The molecule has 0 bridgehead atoms. The maximum absolute atomic E-state index is 13.4. The maximum atomic E-state index is 13.4. The molecule has 0 unspecified atom stereocenters. The molecule has 160 valence electrons. The topological polar surface area (TPSA) is 44.8 Å². The van der Waals surface area contributed by atoms with Gasteiger partial charge in [0.2, 0.25) is 5.60 Å². The van der Waals surface area contributed by atoms with Crippen molar-refractivity contribution in [1.29, 1.82) is 0 Å². The van der Waals surface area contributed by atoms with Crippen LogP contribution in [-0.4, -0.2) is 18.2 Å². The molecular weight excluding hydrogens is 388 g/mol. The molecule has 0 N–H and O–H groups in total. The minimum absolute atomic E-state index is 0.272. The Hall–Kier alpha value is -2.95. The molecule has 0 aliphatic carbocycles. The van der Waals surface area contributed by atoms with Crippen molar-refractivity contribution < 1.29 is 19.0 Å². The van der Waals surface area contributed by atoms with Crippen molar-refractivity contribution in [2.45, 2.75) is 45.2 Å². The first-order valence-electron chi connectivity index (χ1n) is 10.7. The van der Waals surface area contributed by atoms with Crippen molar-refractivity contribution in [3.05, 3.63) is 107 Å². The zero-order valence-electron chi connectivity index (χ0n) is 18.2. The summed E-state index contributed by atoms with van der Waals surface area (Å²) < 4.78 is 18.5. The number of hydrogen-bond donors (Lipinski definition) is 0. The number of esters is 1. The van der Waals surface area contributed by atoms with Gasteiger partial charge in [-0.15, -0.1) is 0 Å². The average Bonchev–Trinajstić information content (AvgIpc) is 3.16. The van der Waals surface area contributed by atoms with Crippen LogP contribution in [0.5, 0.6) is 0 Å². The molecule has 4 rings (SSSR count). The third-order valence-electron chi connectivity index (χ3n) is 5.66. The Kier molecular flexibility index (Phi) is 6.21. The van der Waals surface area contributed by atoms with Crippen molar-refractivity contribution in [3.63, 3.8) is 0 Å². The number of ether oxygens (including phenoxy) is 3. The number of aryl methyl sites for hydroxylation is 2. The molecule has 3 aromatic carbocycles. The summed E-state index contributed by atoms with van der Waals surface area (Å²) in [5.41, 5.74) is 3.76. The van der Waals surface area contributed by atoms with E-state index >= 15 is 0 Å². The molecule has 31 heavy (non-hydrogen) atoms. The van der Waals surface area contributed by atoms with Crippen LogP contribution in [0.4, 0.5) is 0 Å². The molecular formula is C27H28O4. The van der Waals surface area contributed by atoms with Crippen LogP contribution in [0.2, 0.25) is 0 Å². The molecule has 1 fully saturated rings. The molecule has 4 heteroatoms. The van der Waals surface area contributed by atoms with E-state index in [2.05, 4.69) is 0 Å². The highest BCUT2D eigenvalue weighted by Gasteiger charge is 2.57. The number of carbonyl (C=O) groups is 1. The van der Waals surface area contributed by atoms with Crippen LogP contribution in [0.25, 0.3) is 0 Å². The van der Waals surface area contributed by atoms with Gasteiger partial charge in [-0.2, -0.15) is 0 Å². The van der Waals surface area contributed by atoms with Gasteiger partial charge in [0, 0.05) is 12.0 Å². The zero-order valence-corrected chi connectivity index (χ0v) is 18.2. The summed E-state index contributed by atoms with van der Waals surface area (Å²) in [6.45, 7) is 6.15. The maximum Gasteiger partial charge on any atom is 0.342 e. The van der Waals surface area contributed by atoms with Crippen LogP contribution in [0, 0.1) is 13.8 Å². The number of hydrogen-bond acceptors (Lipinski definition) is 4. The Bertz CT molecular complexity index is 1010. The Morgan fingerprint density at radius 2 is 1.45 bits per heavy atom. The van der Waals surface area contributed by atoms with Gasteiger partial charge in [0.15, 0.2) is 6.29 Å². The summed E-state index contributed by atoms with van der Waals surface area (Å²) in [5.74, 6) is -0.404. The first-order chi connectivity index (χ1) is 15.0. The fraction of sp³-hybridized carbons (Fsp3) is 0.296. The molecule has 1 saturated heterocycles. The molecule has 0 aromatic heterocycles. The predicted molar refractivity (Wildman–Crippen MR) is 120 cm³/mol. The lowest BCUT2D eigenvalue weighted by Crippen LogP contribution is -2.46. The number of rotatable bonds is 6. The highest BCUT2D eigenvalue weighted by molar-refractivity contribution is 5.82. The molecule has 0 amide bonds. The molecule has 0 radical (unpaired) electrons. The van der Waals surface area contributed by atoms with Gasteiger partial charge >= 0.3 is 5.97 Å². The number of benzene rings is 3. The largest absolute Gasteiger partial charge is 0.464 e. The average molecular weight is 417 g/mol. The van der Waals surface area contributed by atoms with Gasteiger partial charge in [-0.25, -0.2) is 4.79 Å². The molecule has 4 nitrogen and oxygen atoms in total. The zero-order chi connectivity index (χ0) is 21.8. The summed E-state index contributed by atoms with van der Waals surface area (Å²) in [4.78, 5) is 13.4. The summed E-state index contributed by atoms with van der Waals surface area (Å²) in [6, 6.07) is 25.9. The molecule has 0 spiro atoms. The van der Waals surface area contributed by atoms with Crippen LogP contribution >= 0.6 is 0 Å². The second-order valence-electron chi connectivity index (χ2n) is 8.06. The lowest BCUT2D eigenvalue weighted by Gasteiger charge is -2.30. The van der Waals surface area contributed by atoms with Crippen molar-refractivity contribution >= 4 is 5.97 Å². The lowest BCUT2D eigenvalue weighted by molar-refractivity contribution is -0.173. The molecule has 3 atom stereocenters. The predicted octanol–water partition coefficient (Wildman–Crippen LogP) is 5.63. The van der Waals surface area contributed by atoms with Crippen LogP contribution < -0.4 is 0 Å². The van der Waals surface area contributed by atoms with E-state index in [9.17, 15) is 4.79 Å². The summed E-state index contributed by atoms with van der Waals surface area (Å²) in [6.07, 6.45) is -0.910. The van der Waals surface area contributed by atoms with E-state index in [-0.39, 0.29) is 6.61 Å². The van der Waals surface area contributed by atoms with Crippen molar-refractivity contribution in [2.24, 2.45) is 0 Å². The van der Waals surface area contributed by atoms with E-state index in [4.69, 9.17) is 14.2 Å². The van der Waals surface area contributed by atoms with Gasteiger partial charge in [0.25, 0.3) is 0 Å². The van der Waals surface area contributed by atoms with Crippen molar-refractivity contribution in [2.75, 3.05) is 6.61 Å². The van der Waals surface area contributed by atoms with E-state index in [0.717, 1.165) is 27.8 Å². The Morgan fingerprint density at radius 3 is 2.03 bits per heavy atom. The van der Waals surface area contributed by atoms with Gasteiger partial charge in [0.05, 0.1) is 6.61 Å². The fourth-order valence-electron chi connectivity index (χ4n) is 3.99. The van der Waals surface area contributed by atoms with E-state index in [1.54, 1.807) is 0 Å². The van der Waals surface area contributed by atoms with Crippen molar-refractivity contribution in [3.8, 4) is 0 Å². The lowest BCUT2D eigenvalue weighted by atomic mass is 9.85. The molecule has 0 saturated carbocycles. The fourth-order valence-corrected chi connectivity index (χ4v) is 3.99. The quantitative estimate of drug-likeness (QED) is 0.488. The van der Waals surface area contributed by atoms with Crippen LogP contribution in [0.15, 0.2) is 78.9 Å². The van der Waals surface area contributed by atoms with Crippen LogP contribution in [0.1, 0.15) is 47.1 Å². The third-order valence-corrected chi connectivity index (χ3v) is 5.66. The molecule has 1 aliphatic heterocycles. The Balaban J connectivity index is 1.80. The molecule has 1 heterocycles. The second-order valence-corrected chi connectivity index (χ2v) is 8.06. The molecule has 1 aliphatic rings. The molecule has 3 aromatic rings. The highest BCUT2D eigenvalue weighted by atomic mass is 16.8. The minimum atomic E-state index is -1.29. The van der Waals surface area contributed by atoms with Gasteiger partial charge in [-0.1, -0.05) is 90.0 Å². The number of carbonyl (C=O) groups excluding carboxylic acids is 1. The summed E-state index contributed by atoms with van der Waals surface area (Å²) >= 11 is 0.